The molecule has 0 saturated carbocycles. The Bertz CT molecular complexity index is 329. The summed E-state index contributed by atoms with van der Waals surface area (Å²) in [4.78, 5) is 0.156. The summed E-state index contributed by atoms with van der Waals surface area (Å²) < 4.78 is 27.5. The molecular weight excluding hydrogens is 234 g/mol. The number of rotatable bonds is 4. The Balaban J connectivity index is 2.63. The monoisotopic (exact) mass is 251 g/mol. The number of hydrogen-bond donors (Lipinski definition) is 2. The number of hydrogen-bond acceptors (Lipinski definition) is 3. The molecule has 0 spiro atoms. The Labute approximate surface area is 96.2 Å². The molecule has 1 fully saturated rings. The van der Waals surface area contributed by atoms with Crippen molar-refractivity contribution in [3.05, 3.63) is 0 Å². The fourth-order valence-electron chi connectivity index (χ4n) is 1.67. The first kappa shape index (κ1) is 12.8. The third-order valence-corrected chi connectivity index (χ3v) is 4.29. The van der Waals surface area contributed by atoms with Crippen molar-refractivity contribution in [3.8, 4) is 0 Å². The SMILES string of the molecule is CC1CCCCN1S(=O)(=O)NCC(N)=S. The van der Waals surface area contributed by atoms with Crippen LogP contribution in [0.3, 0.4) is 0 Å². The largest absolute Gasteiger partial charge is 0.392 e. The first-order chi connectivity index (χ1) is 6.93. The smallest absolute Gasteiger partial charge is 0.280 e. The molecule has 0 aliphatic carbocycles. The predicted octanol–water partition coefficient (Wildman–Crippen LogP) is -0.0187. The molecule has 88 valence electrons. The lowest BCUT2D eigenvalue weighted by atomic mass is 10.1. The fourth-order valence-corrected chi connectivity index (χ4v) is 3.29. The van der Waals surface area contributed by atoms with Gasteiger partial charge in [-0.05, 0) is 19.8 Å². The Morgan fingerprint density at radius 2 is 2.27 bits per heavy atom. The number of nitrogens with one attached hydrogen (secondary N) is 1. The topological polar surface area (TPSA) is 75.4 Å². The lowest BCUT2D eigenvalue weighted by Gasteiger charge is -2.32. The molecule has 1 atom stereocenters. The number of nitrogens with two attached hydrogens (primary N) is 1. The highest BCUT2D eigenvalue weighted by Crippen LogP contribution is 2.18. The molecule has 0 radical (unpaired) electrons. The maximum atomic E-state index is 11.8. The van der Waals surface area contributed by atoms with E-state index in [1.165, 1.54) is 4.31 Å². The van der Waals surface area contributed by atoms with E-state index in [1.807, 2.05) is 6.92 Å². The van der Waals surface area contributed by atoms with Crippen molar-refractivity contribution < 1.29 is 8.42 Å². The minimum absolute atomic E-state index is 0.0287. The van der Waals surface area contributed by atoms with E-state index in [1.54, 1.807) is 0 Å². The van der Waals surface area contributed by atoms with Crippen molar-refractivity contribution in [1.29, 1.82) is 0 Å². The molecule has 1 heterocycles. The van der Waals surface area contributed by atoms with E-state index in [4.69, 9.17) is 5.73 Å². The van der Waals surface area contributed by atoms with Crippen LogP contribution in [0.1, 0.15) is 26.2 Å². The summed E-state index contributed by atoms with van der Waals surface area (Å²) in [5.41, 5.74) is 5.25. The summed E-state index contributed by atoms with van der Waals surface area (Å²) >= 11 is 4.63. The zero-order valence-corrected chi connectivity index (χ0v) is 10.4. The maximum Gasteiger partial charge on any atom is 0.280 e. The second kappa shape index (κ2) is 5.20. The van der Waals surface area contributed by atoms with Gasteiger partial charge in [-0.1, -0.05) is 18.6 Å². The zero-order chi connectivity index (χ0) is 11.5. The van der Waals surface area contributed by atoms with Crippen molar-refractivity contribution in [3.63, 3.8) is 0 Å². The molecule has 5 nitrogen and oxygen atoms in total. The third-order valence-electron chi connectivity index (χ3n) is 2.48. The maximum absolute atomic E-state index is 11.8. The highest BCUT2D eigenvalue weighted by atomic mass is 32.2. The molecule has 0 bridgehead atoms. The van der Waals surface area contributed by atoms with Crippen LogP contribution in [0.25, 0.3) is 0 Å². The Morgan fingerprint density at radius 3 is 2.80 bits per heavy atom. The van der Waals surface area contributed by atoms with Crippen molar-refractivity contribution in [2.75, 3.05) is 13.1 Å². The molecule has 0 aromatic rings. The average Bonchev–Trinajstić information content (AvgIpc) is 2.15. The van der Waals surface area contributed by atoms with Crippen LogP contribution in [0.5, 0.6) is 0 Å². The lowest BCUT2D eigenvalue weighted by molar-refractivity contribution is 0.266. The van der Waals surface area contributed by atoms with Gasteiger partial charge in [-0.2, -0.15) is 17.4 Å². The molecule has 1 rings (SSSR count). The van der Waals surface area contributed by atoms with Crippen LogP contribution in [0, 0.1) is 0 Å². The second-order valence-corrected chi connectivity index (χ2v) is 5.98. The van der Waals surface area contributed by atoms with Crippen LogP contribution in [0.2, 0.25) is 0 Å². The highest BCUT2D eigenvalue weighted by molar-refractivity contribution is 7.87. The summed E-state index contributed by atoms with van der Waals surface area (Å²) in [7, 11) is -3.41. The van der Waals surface area contributed by atoms with Gasteiger partial charge in [-0.15, -0.1) is 0 Å². The number of piperidine rings is 1. The van der Waals surface area contributed by atoms with Gasteiger partial charge in [0.15, 0.2) is 0 Å². The van der Waals surface area contributed by atoms with Crippen molar-refractivity contribution in [2.45, 2.75) is 32.2 Å². The van der Waals surface area contributed by atoms with E-state index < -0.39 is 10.2 Å². The van der Waals surface area contributed by atoms with Crippen molar-refractivity contribution in [2.24, 2.45) is 5.73 Å². The van der Waals surface area contributed by atoms with E-state index in [-0.39, 0.29) is 17.6 Å². The minimum Gasteiger partial charge on any atom is -0.392 e. The molecule has 1 aliphatic rings. The van der Waals surface area contributed by atoms with Gasteiger partial charge in [-0.25, -0.2) is 0 Å². The van der Waals surface area contributed by atoms with Crippen LogP contribution >= 0.6 is 12.2 Å². The van der Waals surface area contributed by atoms with Crippen LogP contribution in [-0.2, 0) is 10.2 Å². The van der Waals surface area contributed by atoms with E-state index in [2.05, 4.69) is 16.9 Å². The summed E-state index contributed by atoms with van der Waals surface area (Å²) in [5.74, 6) is 0. The number of thiocarbonyl (C=S) groups is 1. The standard InChI is InChI=1S/C8H17N3O2S2/c1-7-4-2-3-5-11(7)15(12,13)10-6-8(9)14/h7,10H,2-6H2,1H3,(H2,9,14). The average molecular weight is 251 g/mol. The van der Waals surface area contributed by atoms with Crippen molar-refractivity contribution >= 4 is 27.4 Å². The van der Waals surface area contributed by atoms with Gasteiger partial charge in [0, 0.05) is 12.6 Å². The van der Waals surface area contributed by atoms with Gasteiger partial charge in [-0.3, -0.25) is 0 Å². The Kier molecular flexibility index (Phi) is 4.45. The molecule has 1 aliphatic heterocycles. The van der Waals surface area contributed by atoms with E-state index in [9.17, 15) is 8.42 Å². The fraction of sp³-hybridized carbons (Fsp3) is 0.875. The first-order valence-corrected chi connectivity index (χ1v) is 6.83. The van der Waals surface area contributed by atoms with Crippen LogP contribution in [0.15, 0.2) is 0 Å². The summed E-state index contributed by atoms with van der Waals surface area (Å²) in [6.45, 7) is 2.52. The summed E-state index contributed by atoms with van der Waals surface area (Å²) in [5, 5.41) is 0. The van der Waals surface area contributed by atoms with Crippen molar-refractivity contribution in [1.82, 2.24) is 9.03 Å². The molecule has 15 heavy (non-hydrogen) atoms. The molecule has 1 saturated heterocycles. The van der Waals surface area contributed by atoms with Crippen LogP contribution in [0.4, 0.5) is 0 Å². The number of nitrogens with zero attached hydrogens (tertiary/aromatic N) is 1. The third kappa shape index (κ3) is 3.67. The Hall–Kier alpha value is -0.240. The molecule has 7 heteroatoms. The molecule has 1 unspecified atom stereocenters. The molecule has 0 amide bonds. The minimum atomic E-state index is -3.41. The molecule has 3 N–H and O–H groups in total. The summed E-state index contributed by atoms with van der Waals surface area (Å²) in [6, 6.07) is 0.0580. The molecular formula is C8H17N3O2S2. The van der Waals surface area contributed by atoms with Crippen LogP contribution < -0.4 is 10.5 Å². The zero-order valence-electron chi connectivity index (χ0n) is 8.77. The van der Waals surface area contributed by atoms with Gasteiger partial charge < -0.3 is 5.73 Å². The second-order valence-electron chi connectivity index (χ2n) is 3.75. The highest BCUT2D eigenvalue weighted by Gasteiger charge is 2.28. The summed E-state index contributed by atoms with van der Waals surface area (Å²) in [6.07, 6.45) is 2.91. The molecule has 0 aromatic heterocycles. The van der Waals surface area contributed by atoms with Gasteiger partial charge in [0.05, 0.1) is 11.5 Å². The first-order valence-electron chi connectivity index (χ1n) is 4.98. The molecule has 0 aromatic carbocycles. The predicted molar refractivity (Wildman–Crippen MR) is 63.7 cm³/mol. The van der Waals surface area contributed by atoms with Gasteiger partial charge in [0.2, 0.25) is 0 Å². The van der Waals surface area contributed by atoms with E-state index >= 15 is 0 Å². The van der Waals surface area contributed by atoms with E-state index in [0.717, 1.165) is 19.3 Å². The quantitative estimate of drug-likeness (QED) is 0.689. The van der Waals surface area contributed by atoms with E-state index in [0.29, 0.717) is 6.54 Å². The van der Waals surface area contributed by atoms with Gasteiger partial charge >= 0.3 is 0 Å². The van der Waals surface area contributed by atoms with Gasteiger partial charge in [0.1, 0.15) is 0 Å². The van der Waals surface area contributed by atoms with Crippen LogP contribution in [-0.4, -0.2) is 36.8 Å². The normalized spacial score (nSPS) is 23.9. The lowest BCUT2D eigenvalue weighted by Crippen LogP contribution is -2.49. The Morgan fingerprint density at radius 1 is 1.60 bits per heavy atom. The van der Waals surface area contributed by atoms with Gasteiger partial charge in [0.25, 0.3) is 10.2 Å².